The fraction of sp³-hybridized carbons (Fsp3) is 0.364. The number of aryl methyl sites for hydroxylation is 1. The molecule has 0 amide bonds. The molecule has 1 atom stereocenters. The maximum atomic E-state index is 13.2. The predicted octanol–water partition coefficient (Wildman–Crippen LogP) is 4.48. The third-order valence-corrected chi connectivity index (χ3v) is 5.34. The molecule has 3 aromatic rings. The second kappa shape index (κ2) is 8.01. The molecular formula is C22H25FN4. The van der Waals surface area contributed by atoms with Gasteiger partial charge in [0.1, 0.15) is 11.6 Å². The fourth-order valence-electron chi connectivity index (χ4n) is 3.88. The molecule has 0 aliphatic carbocycles. The van der Waals surface area contributed by atoms with E-state index in [-0.39, 0.29) is 5.82 Å². The van der Waals surface area contributed by atoms with Crippen LogP contribution in [-0.2, 0) is 13.1 Å². The lowest BCUT2D eigenvalue weighted by Gasteiger charge is -2.32. The van der Waals surface area contributed by atoms with Crippen LogP contribution in [0.15, 0.2) is 54.9 Å². The fourth-order valence-corrected chi connectivity index (χ4v) is 3.88. The summed E-state index contributed by atoms with van der Waals surface area (Å²) < 4.78 is 15.4. The molecule has 1 aliphatic rings. The maximum Gasteiger partial charge on any atom is 0.123 e. The van der Waals surface area contributed by atoms with Crippen molar-refractivity contribution in [2.75, 3.05) is 13.1 Å². The van der Waals surface area contributed by atoms with Gasteiger partial charge in [-0.2, -0.15) is 0 Å². The second-order valence-electron chi connectivity index (χ2n) is 7.16. The van der Waals surface area contributed by atoms with E-state index in [1.165, 1.54) is 18.6 Å². The summed E-state index contributed by atoms with van der Waals surface area (Å²) in [5.41, 5.74) is 2.99. The van der Waals surface area contributed by atoms with Gasteiger partial charge in [-0.1, -0.05) is 6.07 Å². The van der Waals surface area contributed by atoms with Crippen molar-refractivity contribution in [2.24, 2.45) is 0 Å². The Hall–Kier alpha value is -2.53. The summed E-state index contributed by atoms with van der Waals surface area (Å²) in [4.78, 5) is 11.9. The molecule has 1 aromatic carbocycles. The van der Waals surface area contributed by atoms with Crippen LogP contribution in [0.4, 0.5) is 4.39 Å². The first kappa shape index (κ1) is 17.9. The standard InChI is InChI=1S/C22H25FN4/c1-2-27-14-12-24-22(27)16-26-13-4-5-18(15-26)21-7-3-6-20(25-21)17-8-10-19(23)11-9-17/h3,6-12,14,18H,2,4-5,13,15-16H2,1H3/t18-/m1/s1. The number of nitrogens with zero attached hydrogens (tertiary/aromatic N) is 4. The van der Waals surface area contributed by atoms with E-state index in [9.17, 15) is 4.39 Å². The SMILES string of the molecule is CCn1ccnc1CN1CCC[C@@H](c2cccc(-c3ccc(F)cc3)n2)C1. The quantitative estimate of drug-likeness (QED) is 0.669. The van der Waals surface area contributed by atoms with Crippen molar-refractivity contribution >= 4 is 0 Å². The van der Waals surface area contributed by atoms with Crippen LogP contribution < -0.4 is 0 Å². The number of hydrogen-bond acceptors (Lipinski definition) is 3. The average Bonchev–Trinajstić information content (AvgIpc) is 3.16. The molecule has 0 bridgehead atoms. The minimum atomic E-state index is -0.219. The van der Waals surface area contributed by atoms with Crippen LogP contribution in [0.5, 0.6) is 0 Å². The van der Waals surface area contributed by atoms with Gasteiger partial charge >= 0.3 is 0 Å². The van der Waals surface area contributed by atoms with Crippen LogP contribution in [0, 0.1) is 5.82 Å². The molecule has 1 aliphatic heterocycles. The summed E-state index contributed by atoms with van der Waals surface area (Å²) in [6.45, 7) is 6.08. The molecule has 2 aromatic heterocycles. The molecule has 0 spiro atoms. The zero-order chi connectivity index (χ0) is 18.6. The molecule has 27 heavy (non-hydrogen) atoms. The van der Waals surface area contributed by atoms with Gasteiger partial charge in [-0.05, 0) is 62.7 Å². The number of piperidine rings is 1. The molecule has 0 saturated carbocycles. The summed E-state index contributed by atoms with van der Waals surface area (Å²) in [6.07, 6.45) is 6.25. The molecule has 4 nitrogen and oxygen atoms in total. The van der Waals surface area contributed by atoms with E-state index in [4.69, 9.17) is 4.98 Å². The zero-order valence-electron chi connectivity index (χ0n) is 15.7. The largest absolute Gasteiger partial charge is 0.334 e. The summed E-state index contributed by atoms with van der Waals surface area (Å²) in [5.74, 6) is 1.33. The predicted molar refractivity (Wildman–Crippen MR) is 105 cm³/mol. The van der Waals surface area contributed by atoms with Crippen molar-refractivity contribution in [1.29, 1.82) is 0 Å². The van der Waals surface area contributed by atoms with Crippen molar-refractivity contribution in [1.82, 2.24) is 19.4 Å². The lowest BCUT2D eigenvalue weighted by molar-refractivity contribution is 0.192. The van der Waals surface area contributed by atoms with Crippen molar-refractivity contribution in [3.8, 4) is 11.3 Å². The van der Waals surface area contributed by atoms with E-state index >= 15 is 0 Å². The van der Waals surface area contributed by atoms with Crippen molar-refractivity contribution in [3.05, 3.63) is 72.2 Å². The molecule has 0 radical (unpaired) electrons. The number of likely N-dealkylation sites (tertiary alicyclic amines) is 1. The number of halogens is 1. The molecule has 0 unspecified atom stereocenters. The molecule has 3 heterocycles. The van der Waals surface area contributed by atoms with Crippen LogP contribution in [0.3, 0.4) is 0 Å². The first-order chi connectivity index (χ1) is 13.2. The van der Waals surface area contributed by atoms with Crippen molar-refractivity contribution in [2.45, 2.75) is 38.8 Å². The molecule has 1 saturated heterocycles. The van der Waals surface area contributed by atoms with Crippen LogP contribution >= 0.6 is 0 Å². The number of imidazole rings is 1. The molecule has 140 valence electrons. The normalized spacial score (nSPS) is 17.9. The Balaban J connectivity index is 1.49. The number of benzene rings is 1. The van der Waals surface area contributed by atoms with Crippen LogP contribution in [0.1, 0.15) is 37.2 Å². The Bertz CT molecular complexity index is 887. The first-order valence-corrected chi connectivity index (χ1v) is 9.68. The van der Waals surface area contributed by atoms with Gasteiger partial charge in [0.15, 0.2) is 0 Å². The summed E-state index contributed by atoms with van der Waals surface area (Å²) in [6, 6.07) is 12.7. The van der Waals surface area contributed by atoms with Crippen molar-refractivity contribution in [3.63, 3.8) is 0 Å². The van der Waals surface area contributed by atoms with E-state index in [0.29, 0.717) is 5.92 Å². The maximum absolute atomic E-state index is 13.2. The van der Waals surface area contributed by atoms with Gasteiger partial charge in [-0.3, -0.25) is 9.88 Å². The minimum absolute atomic E-state index is 0.219. The van der Waals surface area contributed by atoms with E-state index in [0.717, 1.165) is 55.4 Å². The summed E-state index contributed by atoms with van der Waals surface area (Å²) in [7, 11) is 0. The minimum Gasteiger partial charge on any atom is -0.334 e. The van der Waals surface area contributed by atoms with Crippen LogP contribution in [0.25, 0.3) is 11.3 Å². The number of pyridine rings is 1. The Morgan fingerprint density at radius 1 is 1.15 bits per heavy atom. The van der Waals surface area contributed by atoms with Crippen molar-refractivity contribution < 1.29 is 4.39 Å². The van der Waals surface area contributed by atoms with Gasteiger partial charge in [-0.25, -0.2) is 9.37 Å². The first-order valence-electron chi connectivity index (χ1n) is 9.68. The highest BCUT2D eigenvalue weighted by atomic mass is 19.1. The van der Waals surface area contributed by atoms with Gasteiger partial charge in [-0.15, -0.1) is 0 Å². The smallest absolute Gasteiger partial charge is 0.123 e. The molecule has 1 fully saturated rings. The molecular weight excluding hydrogens is 339 g/mol. The van der Waals surface area contributed by atoms with Gasteiger partial charge in [0.25, 0.3) is 0 Å². The molecule has 4 rings (SSSR count). The lowest BCUT2D eigenvalue weighted by atomic mass is 9.94. The summed E-state index contributed by atoms with van der Waals surface area (Å²) >= 11 is 0. The van der Waals surface area contributed by atoms with Crippen LogP contribution in [0.2, 0.25) is 0 Å². The third kappa shape index (κ3) is 4.08. The number of rotatable bonds is 5. The third-order valence-electron chi connectivity index (χ3n) is 5.34. The molecule has 5 heteroatoms. The Kier molecular flexibility index (Phi) is 5.30. The second-order valence-corrected chi connectivity index (χ2v) is 7.16. The van der Waals surface area contributed by atoms with Gasteiger partial charge in [0, 0.05) is 42.7 Å². The van der Waals surface area contributed by atoms with E-state index in [1.54, 1.807) is 12.1 Å². The van der Waals surface area contributed by atoms with Gasteiger partial charge in [0.05, 0.1) is 12.2 Å². The van der Waals surface area contributed by atoms with Gasteiger partial charge in [0.2, 0.25) is 0 Å². The average molecular weight is 364 g/mol. The van der Waals surface area contributed by atoms with Gasteiger partial charge < -0.3 is 4.57 Å². The Labute approximate surface area is 159 Å². The monoisotopic (exact) mass is 364 g/mol. The zero-order valence-corrected chi connectivity index (χ0v) is 15.7. The highest BCUT2D eigenvalue weighted by Crippen LogP contribution is 2.28. The highest BCUT2D eigenvalue weighted by molar-refractivity contribution is 5.59. The van der Waals surface area contributed by atoms with Crippen LogP contribution in [-0.4, -0.2) is 32.5 Å². The van der Waals surface area contributed by atoms with E-state index in [2.05, 4.69) is 33.5 Å². The number of aromatic nitrogens is 3. The Morgan fingerprint density at radius 3 is 2.81 bits per heavy atom. The number of hydrogen-bond donors (Lipinski definition) is 0. The lowest BCUT2D eigenvalue weighted by Crippen LogP contribution is -2.35. The molecule has 0 N–H and O–H groups in total. The van der Waals surface area contributed by atoms with E-state index in [1.807, 2.05) is 18.5 Å². The van der Waals surface area contributed by atoms with E-state index < -0.39 is 0 Å². The summed E-state index contributed by atoms with van der Waals surface area (Å²) in [5, 5.41) is 0. The Morgan fingerprint density at radius 2 is 2.00 bits per heavy atom. The topological polar surface area (TPSA) is 34.0 Å². The highest BCUT2D eigenvalue weighted by Gasteiger charge is 2.23.